The summed E-state index contributed by atoms with van der Waals surface area (Å²) in [6.45, 7) is 2.24. The predicted octanol–water partition coefficient (Wildman–Crippen LogP) is 3.41. The van der Waals surface area contributed by atoms with Gasteiger partial charge in [0, 0.05) is 11.2 Å². The molecule has 0 bridgehead atoms. The molecule has 5 heteroatoms. The van der Waals surface area contributed by atoms with Crippen LogP contribution >= 0.6 is 11.6 Å². The van der Waals surface area contributed by atoms with Gasteiger partial charge in [-0.2, -0.15) is 0 Å². The number of aryl methyl sites for hydroxylation is 1. The average molecular weight is 292 g/mol. The molecule has 104 valence electrons. The van der Waals surface area contributed by atoms with Gasteiger partial charge in [-0.15, -0.1) is 0 Å². The number of hydrogen-bond donors (Lipinski definition) is 0. The smallest absolute Gasteiger partial charge is 0.339 e. The van der Waals surface area contributed by atoms with Gasteiger partial charge in [-0.25, -0.2) is 4.79 Å². The highest BCUT2D eigenvalue weighted by atomic mass is 35.5. The van der Waals surface area contributed by atoms with Gasteiger partial charge in [0.15, 0.2) is 0 Å². The van der Waals surface area contributed by atoms with Crippen molar-refractivity contribution < 1.29 is 14.3 Å². The molecule has 0 amide bonds. The zero-order chi connectivity index (χ0) is 14.5. The molecule has 0 aliphatic heterocycles. The highest BCUT2D eigenvalue weighted by Gasteiger charge is 2.06. The monoisotopic (exact) mass is 291 g/mol. The number of carbonyl (C=O) groups excluding carboxylic acids is 1. The zero-order valence-corrected chi connectivity index (χ0v) is 12.0. The molecule has 0 saturated heterocycles. The number of carbonyl (C=O) groups is 1. The molecule has 0 fully saturated rings. The van der Waals surface area contributed by atoms with Crippen LogP contribution in [0.15, 0.2) is 36.5 Å². The minimum atomic E-state index is -0.404. The van der Waals surface area contributed by atoms with Crippen LogP contribution in [0, 0.1) is 6.92 Å². The Hall–Kier alpha value is -2.07. The van der Waals surface area contributed by atoms with Gasteiger partial charge in [0.05, 0.1) is 18.4 Å². The van der Waals surface area contributed by atoms with Crippen molar-refractivity contribution in [2.45, 2.75) is 13.5 Å². The highest BCUT2D eigenvalue weighted by Crippen LogP contribution is 2.21. The van der Waals surface area contributed by atoms with Crippen molar-refractivity contribution in [1.29, 1.82) is 0 Å². The molecule has 4 nitrogen and oxygen atoms in total. The van der Waals surface area contributed by atoms with Gasteiger partial charge < -0.3 is 9.47 Å². The molecule has 0 aliphatic carbocycles. The molecule has 2 aromatic rings. The summed E-state index contributed by atoms with van der Waals surface area (Å²) in [4.78, 5) is 15.4. The molecule has 2 rings (SSSR count). The van der Waals surface area contributed by atoms with E-state index in [0.29, 0.717) is 17.2 Å². The Morgan fingerprint density at radius 2 is 2.10 bits per heavy atom. The maximum Gasteiger partial charge on any atom is 0.339 e. The summed E-state index contributed by atoms with van der Waals surface area (Å²) < 4.78 is 10.2. The fourth-order valence-corrected chi connectivity index (χ4v) is 1.73. The molecule has 1 aromatic carbocycles. The van der Waals surface area contributed by atoms with Crippen molar-refractivity contribution in [2.24, 2.45) is 0 Å². The molecule has 20 heavy (non-hydrogen) atoms. The number of pyridine rings is 1. The van der Waals surface area contributed by atoms with E-state index in [1.54, 1.807) is 24.3 Å². The summed E-state index contributed by atoms with van der Waals surface area (Å²) in [6.07, 6.45) is 1.47. The van der Waals surface area contributed by atoms with Gasteiger partial charge in [-0.3, -0.25) is 4.98 Å². The van der Waals surface area contributed by atoms with Crippen LogP contribution in [-0.2, 0) is 11.3 Å². The van der Waals surface area contributed by atoms with Crippen LogP contribution in [-0.4, -0.2) is 18.1 Å². The van der Waals surface area contributed by atoms with E-state index in [-0.39, 0.29) is 0 Å². The molecular weight excluding hydrogens is 278 g/mol. The van der Waals surface area contributed by atoms with Crippen LogP contribution in [0.5, 0.6) is 5.75 Å². The van der Waals surface area contributed by atoms with Crippen molar-refractivity contribution in [2.75, 3.05) is 7.11 Å². The first-order chi connectivity index (χ1) is 9.60. The Balaban J connectivity index is 2.00. The Labute approximate surface area is 122 Å². The lowest BCUT2D eigenvalue weighted by atomic mass is 10.2. The Morgan fingerprint density at radius 3 is 2.70 bits per heavy atom. The number of benzene rings is 1. The summed E-state index contributed by atoms with van der Waals surface area (Å²) in [5.41, 5.74) is 2.10. The average Bonchev–Trinajstić information content (AvgIpc) is 2.48. The first-order valence-electron chi connectivity index (χ1n) is 6.02. The number of hydrogen-bond acceptors (Lipinski definition) is 4. The molecule has 0 radical (unpaired) electrons. The van der Waals surface area contributed by atoms with Gasteiger partial charge >= 0.3 is 5.97 Å². The fourth-order valence-electron chi connectivity index (χ4n) is 1.61. The fraction of sp³-hybridized carbons (Fsp3) is 0.200. The summed E-state index contributed by atoms with van der Waals surface area (Å²) in [6, 6.07) is 8.85. The van der Waals surface area contributed by atoms with E-state index in [1.807, 2.05) is 13.0 Å². The second kappa shape index (κ2) is 6.39. The number of rotatable bonds is 4. The maximum atomic E-state index is 11.3. The zero-order valence-electron chi connectivity index (χ0n) is 11.2. The summed E-state index contributed by atoms with van der Waals surface area (Å²) in [5, 5.41) is 0.706. The van der Waals surface area contributed by atoms with Crippen LogP contribution in [0.1, 0.15) is 21.6 Å². The number of ether oxygens (including phenoxy) is 2. The lowest BCUT2D eigenvalue weighted by Gasteiger charge is -2.07. The summed E-state index contributed by atoms with van der Waals surface area (Å²) in [5.74, 6) is 0.323. The Kier molecular flexibility index (Phi) is 4.58. The number of methoxy groups -OCH3 is 1. The normalized spacial score (nSPS) is 10.2. The van der Waals surface area contributed by atoms with E-state index < -0.39 is 5.97 Å². The number of esters is 1. The minimum Gasteiger partial charge on any atom is -0.487 e. The van der Waals surface area contributed by atoms with E-state index in [2.05, 4.69) is 9.72 Å². The van der Waals surface area contributed by atoms with Gasteiger partial charge in [0.2, 0.25) is 0 Å². The van der Waals surface area contributed by atoms with Crippen LogP contribution in [0.25, 0.3) is 0 Å². The standard InChI is InChI=1S/C15H14ClNO3/c1-10-7-13(5-6-14(10)16)20-9-12-4-3-11(8-17-12)15(18)19-2/h3-8H,9H2,1-2H3. The lowest BCUT2D eigenvalue weighted by molar-refractivity contribution is 0.0600. The second-order valence-corrected chi connectivity index (χ2v) is 4.64. The van der Waals surface area contributed by atoms with E-state index in [4.69, 9.17) is 16.3 Å². The Bertz CT molecular complexity index is 611. The third-order valence-corrected chi connectivity index (χ3v) is 3.19. The molecule has 0 spiro atoms. The molecular formula is C15H14ClNO3. The molecule has 0 N–H and O–H groups in total. The second-order valence-electron chi connectivity index (χ2n) is 4.23. The molecule has 0 saturated carbocycles. The molecule has 0 aliphatic rings. The van der Waals surface area contributed by atoms with E-state index in [0.717, 1.165) is 17.0 Å². The van der Waals surface area contributed by atoms with Crippen molar-refractivity contribution in [1.82, 2.24) is 4.98 Å². The van der Waals surface area contributed by atoms with Crippen molar-refractivity contribution in [3.8, 4) is 5.75 Å². The predicted molar refractivity (Wildman–Crippen MR) is 76.1 cm³/mol. The first-order valence-corrected chi connectivity index (χ1v) is 6.40. The van der Waals surface area contributed by atoms with Gasteiger partial charge in [-0.1, -0.05) is 11.6 Å². The van der Waals surface area contributed by atoms with Crippen molar-refractivity contribution >= 4 is 17.6 Å². The van der Waals surface area contributed by atoms with E-state index in [1.165, 1.54) is 13.3 Å². The summed E-state index contributed by atoms with van der Waals surface area (Å²) >= 11 is 5.95. The van der Waals surface area contributed by atoms with Gasteiger partial charge in [0.1, 0.15) is 12.4 Å². The SMILES string of the molecule is COC(=O)c1ccc(COc2ccc(Cl)c(C)c2)nc1. The third-order valence-electron chi connectivity index (χ3n) is 2.76. The maximum absolute atomic E-state index is 11.3. The molecule has 0 unspecified atom stereocenters. The lowest BCUT2D eigenvalue weighted by Crippen LogP contribution is -2.04. The molecule has 1 heterocycles. The van der Waals surface area contributed by atoms with E-state index >= 15 is 0 Å². The molecule has 0 atom stereocenters. The quantitative estimate of drug-likeness (QED) is 0.810. The van der Waals surface area contributed by atoms with Crippen LogP contribution in [0.2, 0.25) is 5.02 Å². The first kappa shape index (κ1) is 14.3. The number of nitrogens with zero attached hydrogens (tertiary/aromatic N) is 1. The number of aromatic nitrogens is 1. The van der Waals surface area contributed by atoms with Crippen molar-refractivity contribution in [3.63, 3.8) is 0 Å². The Morgan fingerprint density at radius 1 is 1.30 bits per heavy atom. The van der Waals surface area contributed by atoms with Crippen LogP contribution < -0.4 is 4.74 Å². The molecule has 1 aromatic heterocycles. The third kappa shape index (κ3) is 3.48. The van der Waals surface area contributed by atoms with Gasteiger partial charge in [0.25, 0.3) is 0 Å². The van der Waals surface area contributed by atoms with E-state index in [9.17, 15) is 4.79 Å². The number of halogens is 1. The van der Waals surface area contributed by atoms with Crippen molar-refractivity contribution in [3.05, 3.63) is 58.4 Å². The van der Waals surface area contributed by atoms with Gasteiger partial charge in [-0.05, 0) is 42.8 Å². The van der Waals surface area contributed by atoms with Crippen LogP contribution in [0.4, 0.5) is 0 Å². The summed E-state index contributed by atoms with van der Waals surface area (Å²) in [7, 11) is 1.34. The largest absolute Gasteiger partial charge is 0.487 e. The highest BCUT2D eigenvalue weighted by molar-refractivity contribution is 6.31. The minimum absolute atomic E-state index is 0.322. The topological polar surface area (TPSA) is 48.4 Å². The van der Waals surface area contributed by atoms with Crippen LogP contribution in [0.3, 0.4) is 0 Å².